The van der Waals surface area contributed by atoms with Crippen molar-refractivity contribution in [1.82, 2.24) is 4.90 Å². The lowest BCUT2D eigenvalue weighted by Crippen LogP contribution is -2.47. The van der Waals surface area contributed by atoms with Gasteiger partial charge in [0.05, 0.1) is 5.92 Å². The maximum absolute atomic E-state index is 12.3. The van der Waals surface area contributed by atoms with Crippen LogP contribution in [0, 0.1) is 5.92 Å². The Morgan fingerprint density at radius 3 is 2.75 bits per heavy atom. The largest absolute Gasteiger partial charge is 0.339 e. The van der Waals surface area contributed by atoms with E-state index >= 15 is 0 Å². The first kappa shape index (κ1) is 13.5. The highest BCUT2D eigenvalue weighted by atomic mass is 16.2. The predicted octanol–water partition coefficient (Wildman–Crippen LogP) is 2.15. The molecular formula is C13H26N2O. The maximum Gasteiger partial charge on any atom is 0.227 e. The van der Waals surface area contributed by atoms with Crippen molar-refractivity contribution in [2.24, 2.45) is 11.7 Å². The molecule has 1 amide bonds. The van der Waals surface area contributed by atoms with Crippen LogP contribution in [0.3, 0.4) is 0 Å². The van der Waals surface area contributed by atoms with Crippen LogP contribution < -0.4 is 5.73 Å². The third-order valence-corrected chi connectivity index (χ3v) is 3.66. The standard InChI is InChI=1S/C13H26N2O/c1-3-7-12-8-5-6-9-15(12)13(16)11(4-2)10-14/h11-12H,3-10,14H2,1-2H3. The molecule has 16 heavy (non-hydrogen) atoms. The molecule has 0 bridgehead atoms. The van der Waals surface area contributed by atoms with Crippen molar-refractivity contribution in [3.8, 4) is 0 Å². The third-order valence-electron chi connectivity index (χ3n) is 3.66. The number of rotatable bonds is 5. The zero-order valence-electron chi connectivity index (χ0n) is 10.7. The number of carbonyl (C=O) groups excluding carboxylic acids is 1. The number of amides is 1. The summed E-state index contributed by atoms with van der Waals surface area (Å²) < 4.78 is 0. The van der Waals surface area contributed by atoms with E-state index in [1.807, 2.05) is 6.92 Å². The molecule has 0 aliphatic carbocycles. The van der Waals surface area contributed by atoms with Gasteiger partial charge in [0.15, 0.2) is 0 Å². The Balaban J connectivity index is 2.62. The smallest absolute Gasteiger partial charge is 0.227 e. The predicted molar refractivity (Wildman–Crippen MR) is 67.1 cm³/mol. The van der Waals surface area contributed by atoms with Crippen LogP contribution >= 0.6 is 0 Å². The summed E-state index contributed by atoms with van der Waals surface area (Å²) >= 11 is 0. The summed E-state index contributed by atoms with van der Waals surface area (Å²) in [6.45, 7) is 5.68. The number of likely N-dealkylation sites (tertiary alicyclic amines) is 1. The Bertz CT molecular complexity index is 212. The molecule has 0 spiro atoms. The molecule has 1 rings (SSSR count). The van der Waals surface area contributed by atoms with E-state index in [1.165, 1.54) is 12.8 Å². The van der Waals surface area contributed by atoms with Gasteiger partial charge in [0.25, 0.3) is 0 Å². The molecule has 2 N–H and O–H groups in total. The highest BCUT2D eigenvalue weighted by molar-refractivity contribution is 5.79. The van der Waals surface area contributed by atoms with Gasteiger partial charge in [-0.25, -0.2) is 0 Å². The van der Waals surface area contributed by atoms with Gasteiger partial charge in [-0.05, 0) is 32.1 Å². The molecule has 1 fully saturated rings. The van der Waals surface area contributed by atoms with Crippen molar-refractivity contribution < 1.29 is 4.79 Å². The molecule has 1 aliphatic rings. The van der Waals surface area contributed by atoms with Gasteiger partial charge in [-0.15, -0.1) is 0 Å². The molecule has 1 saturated heterocycles. The first-order valence-electron chi connectivity index (χ1n) is 6.75. The average molecular weight is 226 g/mol. The summed E-state index contributed by atoms with van der Waals surface area (Å²) in [5, 5.41) is 0. The zero-order valence-corrected chi connectivity index (χ0v) is 10.7. The second-order valence-corrected chi connectivity index (χ2v) is 4.81. The van der Waals surface area contributed by atoms with Crippen LogP contribution in [-0.4, -0.2) is 29.9 Å². The molecule has 0 saturated carbocycles. The SMILES string of the molecule is CCCC1CCCCN1C(=O)C(CC)CN. The highest BCUT2D eigenvalue weighted by Gasteiger charge is 2.29. The highest BCUT2D eigenvalue weighted by Crippen LogP contribution is 2.23. The first-order valence-corrected chi connectivity index (χ1v) is 6.75. The number of hydrogen-bond donors (Lipinski definition) is 1. The second-order valence-electron chi connectivity index (χ2n) is 4.81. The number of nitrogens with two attached hydrogens (primary N) is 1. The Morgan fingerprint density at radius 1 is 1.44 bits per heavy atom. The van der Waals surface area contributed by atoms with E-state index in [2.05, 4.69) is 11.8 Å². The summed E-state index contributed by atoms with van der Waals surface area (Å²) in [5.74, 6) is 0.334. The fraction of sp³-hybridized carbons (Fsp3) is 0.923. The Hall–Kier alpha value is -0.570. The molecule has 2 unspecified atom stereocenters. The summed E-state index contributed by atoms with van der Waals surface area (Å²) in [7, 11) is 0. The van der Waals surface area contributed by atoms with Crippen molar-refractivity contribution in [3.63, 3.8) is 0 Å². The van der Waals surface area contributed by atoms with E-state index in [0.29, 0.717) is 18.5 Å². The fourth-order valence-electron chi connectivity index (χ4n) is 2.60. The van der Waals surface area contributed by atoms with Gasteiger partial charge in [-0.1, -0.05) is 20.3 Å². The molecule has 3 heteroatoms. The zero-order chi connectivity index (χ0) is 12.0. The van der Waals surface area contributed by atoms with Crippen LogP contribution in [0.2, 0.25) is 0 Å². The Kier molecular flexibility index (Phi) is 5.81. The fourth-order valence-corrected chi connectivity index (χ4v) is 2.60. The van der Waals surface area contributed by atoms with Crippen LogP contribution in [0.1, 0.15) is 52.4 Å². The van der Waals surface area contributed by atoms with Crippen molar-refractivity contribution in [2.45, 2.75) is 58.4 Å². The maximum atomic E-state index is 12.3. The molecule has 0 aromatic rings. The minimum Gasteiger partial charge on any atom is -0.339 e. The van der Waals surface area contributed by atoms with E-state index in [4.69, 9.17) is 5.73 Å². The summed E-state index contributed by atoms with van der Waals surface area (Å²) in [6, 6.07) is 0.479. The van der Waals surface area contributed by atoms with Gasteiger partial charge in [-0.3, -0.25) is 4.79 Å². The number of piperidine rings is 1. The summed E-state index contributed by atoms with van der Waals surface area (Å²) in [6.07, 6.45) is 6.78. The van der Waals surface area contributed by atoms with Gasteiger partial charge < -0.3 is 10.6 Å². The van der Waals surface area contributed by atoms with Gasteiger partial charge in [0.1, 0.15) is 0 Å². The number of nitrogens with zero attached hydrogens (tertiary/aromatic N) is 1. The molecule has 0 aromatic heterocycles. The normalized spacial score (nSPS) is 23.2. The van der Waals surface area contributed by atoms with Crippen molar-refractivity contribution in [3.05, 3.63) is 0 Å². The Morgan fingerprint density at radius 2 is 2.19 bits per heavy atom. The van der Waals surface area contributed by atoms with Crippen molar-refractivity contribution in [1.29, 1.82) is 0 Å². The number of hydrogen-bond acceptors (Lipinski definition) is 2. The topological polar surface area (TPSA) is 46.3 Å². The molecule has 2 atom stereocenters. The molecule has 3 nitrogen and oxygen atoms in total. The Labute approximate surface area is 99.4 Å². The minimum atomic E-state index is 0.0393. The minimum absolute atomic E-state index is 0.0393. The molecule has 0 radical (unpaired) electrons. The molecule has 0 aromatic carbocycles. The molecular weight excluding hydrogens is 200 g/mol. The lowest BCUT2D eigenvalue weighted by molar-refractivity contribution is -0.139. The van der Waals surface area contributed by atoms with Crippen LogP contribution in [0.25, 0.3) is 0 Å². The van der Waals surface area contributed by atoms with E-state index in [0.717, 1.165) is 32.2 Å². The van der Waals surface area contributed by atoms with Gasteiger partial charge in [0, 0.05) is 19.1 Å². The van der Waals surface area contributed by atoms with E-state index in [1.54, 1.807) is 0 Å². The van der Waals surface area contributed by atoms with E-state index in [-0.39, 0.29) is 5.92 Å². The first-order chi connectivity index (χ1) is 7.74. The average Bonchev–Trinajstić information content (AvgIpc) is 2.31. The van der Waals surface area contributed by atoms with Crippen molar-refractivity contribution >= 4 is 5.91 Å². The lowest BCUT2D eigenvalue weighted by atomic mass is 9.95. The number of carbonyl (C=O) groups is 1. The van der Waals surface area contributed by atoms with Gasteiger partial charge in [-0.2, -0.15) is 0 Å². The third kappa shape index (κ3) is 3.21. The van der Waals surface area contributed by atoms with Crippen LogP contribution in [0.15, 0.2) is 0 Å². The lowest BCUT2D eigenvalue weighted by Gasteiger charge is -2.37. The monoisotopic (exact) mass is 226 g/mol. The molecule has 94 valence electrons. The van der Waals surface area contributed by atoms with Crippen molar-refractivity contribution in [2.75, 3.05) is 13.1 Å². The van der Waals surface area contributed by atoms with E-state index < -0.39 is 0 Å². The second kappa shape index (κ2) is 6.89. The summed E-state index contributed by atoms with van der Waals surface area (Å²) in [4.78, 5) is 14.4. The van der Waals surface area contributed by atoms with Gasteiger partial charge in [0.2, 0.25) is 5.91 Å². The van der Waals surface area contributed by atoms with Crippen LogP contribution in [0.5, 0.6) is 0 Å². The van der Waals surface area contributed by atoms with Crippen LogP contribution in [0.4, 0.5) is 0 Å². The molecule has 1 aliphatic heterocycles. The molecule has 1 heterocycles. The van der Waals surface area contributed by atoms with Gasteiger partial charge >= 0.3 is 0 Å². The quantitative estimate of drug-likeness (QED) is 0.781. The van der Waals surface area contributed by atoms with Crippen LogP contribution in [-0.2, 0) is 4.79 Å². The van der Waals surface area contributed by atoms with E-state index in [9.17, 15) is 4.79 Å². The summed E-state index contributed by atoms with van der Waals surface area (Å²) in [5.41, 5.74) is 5.66.